The second kappa shape index (κ2) is 6.76. The highest BCUT2D eigenvalue weighted by Crippen LogP contribution is 2.21. The van der Waals surface area contributed by atoms with Crippen LogP contribution in [-0.4, -0.2) is 33.4 Å². The highest BCUT2D eigenvalue weighted by atomic mass is 16.5. The highest BCUT2D eigenvalue weighted by Gasteiger charge is 2.23. The van der Waals surface area contributed by atoms with Crippen molar-refractivity contribution in [2.45, 2.75) is 25.3 Å². The normalized spacial score (nSPS) is 20.9. The molecule has 0 radical (unpaired) electrons. The standard InChI is InChI=1S/C15H23NO2/c1-16-15(13-9-10-18-11-13)8-5-12-3-6-14(17-2)7-4-12/h3-4,6-7,13,15-16H,5,8-11H2,1-2H3. The smallest absolute Gasteiger partial charge is 0.118 e. The maximum absolute atomic E-state index is 5.47. The number of ether oxygens (including phenoxy) is 2. The number of aryl methyl sites for hydroxylation is 1. The molecule has 1 N–H and O–H groups in total. The molecule has 2 atom stereocenters. The molecule has 0 amide bonds. The van der Waals surface area contributed by atoms with Crippen LogP contribution in [0.15, 0.2) is 24.3 Å². The summed E-state index contributed by atoms with van der Waals surface area (Å²) in [6.45, 7) is 1.83. The zero-order valence-corrected chi connectivity index (χ0v) is 11.3. The van der Waals surface area contributed by atoms with Gasteiger partial charge < -0.3 is 14.8 Å². The fourth-order valence-corrected chi connectivity index (χ4v) is 2.60. The number of methoxy groups -OCH3 is 1. The molecule has 1 heterocycles. The molecule has 1 saturated heterocycles. The maximum atomic E-state index is 5.47. The van der Waals surface area contributed by atoms with E-state index >= 15 is 0 Å². The minimum Gasteiger partial charge on any atom is -0.497 e. The summed E-state index contributed by atoms with van der Waals surface area (Å²) >= 11 is 0. The summed E-state index contributed by atoms with van der Waals surface area (Å²) < 4.78 is 10.6. The third-order valence-electron chi connectivity index (χ3n) is 3.81. The Morgan fingerprint density at radius 3 is 2.72 bits per heavy atom. The van der Waals surface area contributed by atoms with Crippen LogP contribution in [0.5, 0.6) is 5.75 Å². The Balaban J connectivity index is 1.84. The van der Waals surface area contributed by atoms with E-state index in [-0.39, 0.29) is 0 Å². The Labute approximate surface area is 109 Å². The van der Waals surface area contributed by atoms with Gasteiger partial charge in [0.2, 0.25) is 0 Å². The average molecular weight is 249 g/mol. The Hall–Kier alpha value is -1.06. The molecule has 2 unspecified atom stereocenters. The van der Waals surface area contributed by atoms with E-state index in [0.29, 0.717) is 12.0 Å². The molecule has 18 heavy (non-hydrogen) atoms. The van der Waals surface area contributed by atoms with Crippen LogP contribution in [0.4, 0.5) is 0 Å². The van der Waals surface area contributed by atoms with Gasteiger partial charge in [-0.1, -0.05) is 12.1 Å². The molecule has 1 aliphatic heterocycles. The van der Waals surface area contributed by atoms with Crippen molar-refractivity contribution in [3.05, 3.63) is 29.8 Å². The van der Waals surface area contributed by atoms with Crippen LogP contribution in [0.1, 0.15) is 18.4 Å². The summed E-state index contributed by atoms with van der Waals surface area (Å²) in [4.78, 5) is 0. The van der Waals surface area contributed by atoms with E-state index in [9.17, 15) is 0 Å². The van der Waals surface area contributed by atoms with Crippen LogP contribution in [-0.2, 0) is 11.2 Å². The van der Waals surface area contributed by atoms with Gasteiger partial charge in [-0.2, -0.15) is 0 Å². The lowest BCUT2D eigenvalue weighted by Crippen LogP contribution is -2.34. The van der Waals surface area contributed by atoms with Gasteiger partial charge >= 0.3 is 0 Å². The number of hydrogen-bond donors (Lipinski definition) is 1. The first-order valence-corrected chi connectivity index (χ1v) is 6.71. The van der Waals surface area contributed by atoms with Crippen LogP contribution < -0.4 is 10.1 Å². The van der Waals surface area contributed by atoms with E-state index in [1.54, 1.807) is 7.11 Å². The second-order valence-corrected chi connectivity index (χ2v) is 4.91. The van der Waals surface area contributed by atoms with Crippen molar-refractivity contribution in [2.75, 3.05) is 27.4 Å². The van der Waals surface area contributed by atoms with Crippen molar-refractivity contribution in [1.82, 2.24) is 5.32 Å². The molecule has 0 saturated carbocycles. The van der Waals surface area contributed by atoms with Gasteiger partial charge in [-0.15, -0.1) is 0 Å². The molecule has 3 heteroatoms. The third-order valence-corrected chi connectivity index (χ3v) is 3.81. The molecule has 0 spiro atoms. The van der Waals surface area contributed by atoms with Gasteiger partial charge in [-0.3, -0.25) is 0 Å². The van der Waals surface area contributed by atoms with Crippen LogP contribution in [0, 0.1) is 5.92 Å². The first-order valence-electron chi connectivity index (χ1n) is 6.71. The Morgan fingerprint density at radius 2 is 2.17 bits per heavy atom. The summed E-state index contributed by atoms with van der Waals surface area (Å²) in [5.41, 5.74) is 1.37. The fraction of sp³-hybridized carbons (Fsp3) is 0.600. The van der Waals surface area contributed by atoms with Crippen molar-refractivity contribution in [3.8, 4) is 5.75 Å². The van der Waals surface area contributed by atoms with Crippen molar-refractivity contribution in [3.63, 3.8) is 0 Å². The summed E-state index contributed by atoms with van der Waals surface area (Å²) in [6.07, 6.45) is 3.46. The van der Waals surface area contributed by atoms with E-state index in [1.807, 2.05) is 12.1 Å². The number of nitrogens with one attached hydrogen (secondary N) is 1. The molecular weight excluding hydrogens is 226 g/mol. The Bertz CT molecular complexity index is 344. The van der Waals surface area contributed by atoms with Gasteiger partial charge in [-0.25, -0.2) is 0 Å². The van der Waals surface area contributed by atoms with E-state index < -0.39 is 0 Å². The second-order valence-electron chi connectivity index (χ2n) is 4.91. The first-order chi connectivity index (χ1) is 8.83. The molecule has 2 rings (SSSR count). The minimum atomic E-state index is 0.564. The lowest BCUT2D eigenvalue weighted by Gasteiger charge is -2.21. The number of rotatable bonds is 6. The third kappa shape index (κ3) is 3.47. The van der Waals surface area contributed by atoms with Crippen LogP contribution in [0.25, 0.3) is 0 Å². The maximum Gasteiger partial charge on any atom is 0.118 e. The van der Waals surface area contributed by atoms with Gasteiger partial charge in [0.25, 0.3) is 0 Å². The molecular formula is C15H23NO2. The van der Waals surface area contributed by atoms with Gasteiger partial charge in [0, 0.05) is 12.6 Å². The Kier molecular flexibility index (Phi) is 5.02. The van der Waals surface area contributed by atoms with Gasteiger partial charge in [-0.05, 0) is 49.9 Å². The molecule has 1 aliphatic rings. The molecule has 1 aromatic rings. The minimum absolute atomic E-state index is 0.564. The number of benzene rings is 1. The molecule has 100 valence electrons. The lowest BCUT2D eigenvalue weighted by atomic mass is 9.93. The fourth-order valence-electron chi connectivity index (χ4n) is 2.60. The zero-order chi connectivity index (χ0) is 12.8. The van der Waals surface area contributed by atoms with Crippen molar-refractivity contribution >= 4 is 0 Å². The molecule has 1 aromatic carbocycles. The van der Waals surface area contributed by atoms with Gasteiger partial charge in [0.1, 0.15) is 5.75 Å². The summed E-state index contributed by atoms with van der Waals surface area (Å²) in [5.74, 6) is 1.60. The summed E-state index contributed by atoms with van der Waals surface area (Å²) in [6, 6.07) is 8.92. The van der Waals surface area contributed by atoms with Crippen molar-refractivity contribution in [2.24, 2.45) is 5.92 Å². The predicted molar refractivity (Wildman–Crippen MR) is 73.1 cm³/mol. The van der Waals surface area contributed by atoms with Crippen molar-refractivity contribution < 1.29 is 9.47 Å². The zero-order valence-electron chi connectivity index (χ0n) is 11.3. The van der Waals surface area contributed by atoms with Crippen LogP contribution >= 0.6 is 0 Å². The molecule has 0 aliphatic carbocycles. The summed E-state index contributed by atoms with van der Waals surface area (Å²) in [5, 5.41) is 3.43. The Morgan fingerprint density at radius 1 is 1.39 bits per heavy atom. The van der Waals surface area contributed by atoms with E-state index in [1.165, 1.54) is 12.0 Å². The predicted octanol–water partition coefficient (Wildman–Crippen LogP) is 2.25. The van der Waals surface area contributed by atoms with Crippen LogP contribution in [0.3, 0.4) is 0 Å². The topological polar surface area (TPSA) is 30.5 Å². The van der Waals surface area contributed by atoms with E-state index in [4.69, 9.17) is 9.47 Å². The van der Waals surface area contributed by atoms with Crippen LogP contribution in [0.2, 0.25) is 0 Å². The largest absolute Gasteiger partial charge is 0.497 e. The molecule has 1 fully saturated rings. The molecule has 0 aromatic heterocycles. The molecule has 0 bridgehead atoms. The first kappa shape index (κ1) is 13.4. The van der Waals surface area contributed by atoms with Crippen molar-refractivity contribution in [1.29, 1.82) is 0 Å². The highest BCUT2D eigenvalue weighted by molar-refractivity contribution is 5.27. The van der Waals surface area contributed by atoms with E-state index in [2.05, 4.69) is 24.5 Å². The monoisotopic (exact) mass is 249 g/mol. The number of hydrogen-bond acceptors (Lipinski definition) is 3. The lowest BCUT2D eigenvalue weighted by molar-refractivity contribution is 0.176. The van der Waals surface area contributed by atoms with Gasteiger partial charge in [0.05, 0.1) is 13.7 Å². The summed E-state index contributed by atoms with van der Waals surface area (Å²) in [7, 11) is 3.75. The SMILES string of the molecule is CNC(CCc1ccc(OC)cc1)C1CCOC1. The molecule has 3 nitrogen and oxygen atoms in total. The van der Waals surface area contributed by atoms with E-state index in [0.717, 1.165) is 31.8 Å². The quantitative estimate of drug-likeness (QED) is 0.839. The average Bonchev–Trinajstić information content (AvgIpc) is 2.94. The van der Waals surface area contributed by atoms with Gasteiger partial charge in [0.15, 0.2) is 0 Å².